The molecule has 0 aliphatic heterocycles. The predicted octanol–water partition coefficient (Wildman–Crippen LogP) is 4.59. The molecule has 0 aliphatic rings. The minimum absolute atomic E-state index is 0.0674. The van der Waals surface area contributed by atoms with Crippen molar-refractivity contribution >= 4 is 11.8 Å². The number of allylic oxidation sites excluding steroid dienone is 1. The topological polar surface area (TPSA) is 0 Å². The lowest BCUT2D eigenvalue weighted by Gasteiger charge is -2.18. The number of aryl methyl sites for hydroxylation is 1. The normalized spacial score (nSPS) is 13.5. The smallest absolute Gasteiger partial charge is 0.170 e. The zero-order chi connectivity index (χ0) is 12.2. The number of rotatable bonds is 4. The van der Waals surface area contributed by atoms with Gasteiger partial charge in [-0.1, -0.05) is 23.8 Å². The molecule has 16 heavy (non-hydrogen) atoms. The second kappa shape index (κ2) is 5.43. The van der Waals surface area contributed by atoms with E-state index in [1.165, 1.54) is 6.08 Å². The molecule has 0 spiro atoms. The standard InChI is InChI=1S/C12H13F3S/c1-3-4-11(12(13,14)15)16-10-7-5-9(2)6-8-10/h3,5-8,11H,1,4H2,2H3. The Morgan fingerprint density at radius 2 is 1.88 bits per heavy atom. The van der Waals surface area contributed by atoms with Crippen LogP contribution in [-0.4, -0.2) is 11.4 Å². The van der Waals surface area contributed by atoms with Gasteiger partial charge in [0, 0.05) is 4.90 Å². The molecule has 0 aliphatic carbocycles. The lowest BCUT2D eigenvalue weighted by atomic mass is 10.2. The molecule has 0 fully saturated rings. The summed E-state index contributed by atoms with van der Waals surface area (Å²) in [6.45, 7) is 5.26. The summed E-state index contributed by atoms with van der Waals surface area (Å²) >= 11 is 0.833. The van der Waals surface area contributed by atoms with E-state index in [0.29, 0.717) is 4.90 Å². The molecule has 0 N–H and O–H groups in total. The minimum atomic E-state index is -4.19. The highest BCUT2D eigenvalue weighted by Crippen LogP contribution is 2.37. The maximum absolute atomic E-state index is 12.6. The Balaban J connectivity index is 2.75. The fourth-order valence-electron chi connectivity index (χ4n) is 1.18. The van der Waals surface area contributed by atoms with Gasteiger partial charge >= 0.3 is 6.18 Å². The first kappa shape index (κ1) is 13.2. The van der Waals surface area contributed by atoms with Crippen LogP contribution in [0.3, 0.4) is 0 Å². The van der Waals surface area contributed by atoms with E-state index < -0.39 is 11.4 Å². The molecule has 1 rings (SSSR count). The summed E-state index contributed by atoms with van der Waals surface area (Å²) in [7, 11) is 0. The van der Waals surface area contributed by atoms with Gasteiger partial charge in [0.15, 0.2) is 0 Å². The van der Waals surface area contributed by atoms with Crippen LogP contribution in [0, 0.1) is 6.92 Å². The van der Waals surface area contributed by atoms with Gasteiger partial charge in [-0.15, -0.1) is 18.3 Å². The molecule has 0 saturated carbocycles. The second-order valence-electron chi connectivity index (χ2n) is 3.49. The van der Waals surface area contributed by atoms with Crippen LogP contribution in [0.1, 0.15) is 12.0 Å². The Hall–Kier alpha value is -0.900. The van der Waals surface area contributed by atoms with Crippen LogP contribution < -0.4 is 0 Å². The first-order valence-electron chi connectivity index (χ1n) is 4.84. The van der Waals surface area contributed by atoms with Crippen molar-refractivity contribution in [2.75, 3.05) is 0 Å². The van der Waals surface area contributed by atoms with Crippen LogP contribution >= 0.6 is 11.8 Å². The Morgan fingerprint density at radius 3 is 2.31 bits per heavy atom. The van der Waals surface area contributed by atoms with Gasteiger partial charge in [-0.25, -0.2) is 0 Å². The van der Waals surface area contributed by atoms with Crippen molar-refractivity contribution in [1.82, 2.24) is 0 Å². The van der Waals surface area contributed by atoms with Crippen LogP contribution in [0.4, 0.5) is 13.2 Å². The van der Waals surface area contributed by atoms with E-state index in [-0.39, 0.29) is 6.42 Å². The van der Waals surface area contributed by atoms with Gasteiger partial charge in [0.05, 0.1) is 0 Å². The Bertz CT molecular complexity index is 340. The van der Waals surface area contributed by atoms with E-state index in [9.17, 15) is 13.2 Å². The largest absolute Gasteiger partial charge is 0.401 e. The number of benzene rings is 1. The van der Waals surface area contributed by atoms with Crippen LogP contribution in [-0.2, 0) is 0 Å². The molecule has 0 saturated heterocycles. The number of alkyl halides is 3. The number of halogens is 3. The first-order valence-corrected chi connectivity index (χ1v) is 5.72. The quantitative estimate of drug-likeness (QED) is 0.553. The van der Waals surface area contributed by atoms with Crippen LogP contribution in [0.15, 0.2) is 41.8 Å². The van der Waals surface area contributed by atoms with Crippen molar-refractivity contribution in [1.29, 1.82) is 0 Å². The summed E-state index contributed by atoms with van der Waals surface area (Å²) in [6, 6.07) is 7.04. The van der Waals surface area contributed by atoms with Gasteiger partial charge in [0.1, 0.15) is 5.25 Å². The van der Waals surface area contributed by atoms with Gasteiger partial charge in [0.25, 0.3) is 0 Å². The van der Waals surface area contributed by atoms with Gasteiger partial charge in [-0.05, 0) is 25.5 Å². The minimum Gasteiger partial charge on any atom is -0.170 e. The molecule has 1 aromatic carbocycles. The molecule has 0 bridgehead atoms. The maximum Gasteiger partial charge on any atom is 0.401 e. The molecule has 0 radical (unpaired) electrons. The molecule has 88 valence electrons. The summed E-state index contributed by atoms with van der Waals surface area (Å²) in [5.74, 6) is 0. The third-order valence-electron chi connectivity index (χ3n) is 2.05. The molecular formula is C12H13F3S. The Labute approximate surface area is 97.6 Å². The Morgan fingerprint density at radius 1 is 1.31 bits per heavy atom. The van der Waals surface area contributed by atoms with E-state index in [2.05, 4.69) is 6.58 Å². The maximum atomic E-state index is 12.6. The average Bonchev–Trinajstić information content (AvgIpc) is 2.19. The van der Waals surface area contributed by atoms with Gasteiger partial charge in [-0.2, -0.15) is 13.2 Å². The predicted molar refractivity (Wildman–Crippen MR) is 61.7 cm³/mol. The molecule has 1 unspecified atom stereocenters. The summed E-state index contributed by atoms with van der Waals surface area (Å²) in [5.41, 5.74) is 1.04. The van der Waals surface area contributed by atoms with Gasteiger partial charge in [-0.3, -0.25) is 0 Å². The molecule has 0 amide bonds. The molecule has 0 aromatic heterocycles. The van der Waals surface area contributed by atoms with Crippen molar-refractivity contribution in [3.8, 4) is 0 Å². The summed E-state index contributed by atoms with van der Waals surface area (Å²) < 4.78 is 37.8. The third-order valence-corrected chi connectivity index (χ3v) is 3.33. The second-order valence-corrected chi connectivity index (χ2v) is 4.76. The van der Waals surface area contributed by atoms with Crippen molar-refractivity contribution < 1.29 is 13.2 Å². The van der Waals surface area contributed by atoms with E-state index in [1.54, 1.807) is 12.1 Å². The number of hydrogen-bond acceptors (Lipinski definition) is 1. The zero-order valence-electron chi connectivity index (χ0n) is 8.92. The number of thioether (sulfide) groups is 1. The average molecular weight is 246 g/mol. The lowest BCUT2D eigenvalue weighted by molar-refractivity contribution is -0.127. The summed E-state index contributed by atoms with van der Waals surface area (Å²) in [6.07, 6.45) is -2.95. The van der Waals surface area contributed by atoms with Gasteiger partial charge < -0.3 is 0 Å². The van der Waals surface area contributed by atoms with Crippen molar-refractivity contribution in [2.45, 2.75) is 29.7 Å². The van der Waals surface area contributed by atoms with Crippen molar-refractivity contribution in [2.24, 2.45) is 0 Å². The highest BCUT2D eigenvalue weighted by atomic mass is 32.2. The van der Waals surface area contributed by atoms with Crippen molar-refractivity contribution in [3.63, 3.8) is 0 Å². The molecule has 1 aromatic rings. The molecular weight excluding hydrogens is 233 g/mol. The highest BCUT2D eigenvalue weighted by Gasteiger charge is 2.39. The highest BCUT2D eigenvalue weighted by molar-refractivity contribution is 8.00. The molecule has 4 heteroatoms. The van der Waals surface area contributed by atoms with E-state index in [1.807, 2.05) is 19.1 Å². The van der Waals surface area contributed by atoms with E-state index in [0.717, 1.165) is 17.3 Å². The lowest BCUT2D eigenvalue weighted by Crippen LogP contribution is -2.24. The fraction of sp³-hybridized carbons (Fsp3) is 0.333. The van der Waals surface area contributed by atoms with Crippen LogP contribution in [0.2, 0.25) is 0 Å². The van der Waals surface area contributed by atoms with E-state index in [4.69, 9.17) is 0 Å². The Kier molecular flexibility index (Phi) is 4.47. The third kappa shape index (κ3) is 3.93. The van der Waals surface area contributed by atoms with E-state index >= 15 is 0 Å². The molecule has 1 atom stereocenters. The summed E-state index contributed by atoms with van der Waals surface area (Å²) in [5, 5.41) is -1.41. The first-order chi connectivity index (χ1) is 7.43. The molecule has 0 heterocycles. The fourth-order valence-corrected chi connectivity index (χ4v) is 2.17. The summed E-state index contributed by atoms with van der Waals surface area (Å²) in [4.78, 5) is 0.634. The number of hydrogen-bond donors (Lipinski definition) is 0. The zero-order valence-corrected chi connectivity index (χ0v) is 9.74. The van der Waals surface area contributed by atoms with Gasteiger partial charge in [0.2, 0.25) is 0 Å². The van der Waals surface area contributed by atoms with Crippen LogP contribution in [0.5, 0.6) is 0 Å². The van der Waals surface area contributed by atoms with Crippen molar-refractivity contribution in [3.05, 3.63) is 42.5 Å². The SMILES string of the molecule is C=CCC(Sc1ccc(C)cc1)C(F)(F)F. The van der Waals surface area contributed by atoms with Crippen LogP contribution in [0.25, 0.3) is 0 Å². The monoisotopic (exact) mass is 246 g/mol. The molecule has 0 nitrogen and oxygen atoms in total.